The quantitative estimate of drug-likeness (QED) is 0.610. The molecule has 1 heterocycles. The molecule has 27 heavy (non-hydrogen) atoms. The van der Waals surface area contributed by atoms with E-state index in [-0.39, 0.29) is 17.9 Å². The van der Waals surface area contributed by atoms with Crippen molar-refractivity contribution in [3.63, 3.8) is 0 Å². The molecule has 1 aliphatic heterocycles. The Morgan fingerprint density at radius 1 is 1.04 bits per heavy atom. The summed E-state index contributed by atoms with van der Waals surface area (Å²) >= 11 is 0. The maximum absolute atomic E-state index is 12.8. The molecule has 0 unspecified atom stereocenters. The van der Waals surface area contributed by atoms with Gasteiger partial charge in [-0.15, -0.1) is 0 Å². The maximum atomic E-state index is 12.8. The minimum Gasteiger partial charge on any atom is -0.483 e. The zero-order valence-corrected chi connectivity index (χ0v) is 14.0. The molecular formula is C19H15N3O5. The van der Waals surface area contributed by atoms with Crippen LogP contribution in [0.1, 0.15) is 5.56 Å². The van der Waals surface area contributed by atoms with E-state index in [1.54, 1.807) is 54.6 Å². The van der Waals surface area contributed by atoms with Crippen LogP contribution in [0, 0.1) is 0 Å². The molecule has 2 aromatic carbocycles. The second-order valence-corrected chi connectivity index (χ2v) is 5.59. The summed E-state index contributed by atoms with van der Waals surface area (Å²) in [5, 5.41) is 2.14. The summed E-state index contributed by atoms with van der Waals surface area (Å²) in [4.78, 5) is 48.9. The van der Waals surface area contributed by atoms with Crippen LogP contribution in [0.2, 0.25) is 0 Å². The molecule has 0 saturated carbocycles. The number of rotatable bonds is 5. The van der Waals surface area contributed by atoms with Gasteiger partial charge in [-0.25, -0.2) is 9.69 Å². The van der Waals surface area contributed by atoms with E-state index in [1.165, 1.54) is 6.08 Å². The number of hydrogen-bond donors (Lipinski definition) is 2. The van der Waals surface area contributed by atoms with Crippen molar-refractivity contribution in [3.05, 3.63) is 65.7 Å². The van der Waals surface area contributed by atoms with E-state index in [2.05, 4.69) is 5.32 Å². The predicted octanol–water partition coefficient (Wildman–Crippen LogP) is 1.22. The highest BCUT2D eigenvalue weighted by Crippen LogP contribution is 2.25. The second-order valence-electron chi connectivity index (χ2n) is 5.59. The topological polar surface area (TPSA) is 119 Å². The predicted molar refractivity (Wildman–Crippen MR) is 96.6 cm³/mol. The standard InChI is InChI=1S/C19H15N3O5/c20-16(23)11-27-15-9-5-4-6-12(15)10-14-17(24)21-19(26)22(18(14)25)13-7-2-1-3-8-13/h1-10H,11H2,(H2,20,23)(H,21,24,26)/b14-10+. The van der Waals surface area contributed by atoms with E-state index in [1.807, 2.05) is 0 Å². The number of nitrogens with zero attached hydrogens (tertiary/aromatic N) is 1. The van der Waals surface area contributed by atoms with Crippen molar-refractivity contribution in [2.75, 3.05) is 11.5 Å². The molecule has 136 valence electrons. The summed E-state index contributed by atoms with van der Waals surface area (Å²) in [7, 11) is 0. The first-order valence-corrected chi connectivity index (χ1v) is 7.94. The summed E-state index contributed by atoms with van der Waals surface area (Å²) in [5.41, 5.74) is 5.55. The highest BCUT2D eigenvalue weighted by Gasteiger charge is 2.36. The van der Waals surface area contributed by atoms with Crippen LogP contribution in [0.25, 0.3) is 6.08 Å². The molecule has 0 aliphatic carbocycles. The number of benzene rings is 2. The largest absolute Gasteiger partial charge is 0.483 e. The Kier molecular flexibility index (Phi) is 4.98. The summed E-state index contributed by atoms with van der Waals surface area (Å²) in [6.07, 6.45) is 1.30. The van der Waals surface area contributed by atoms with Crippen LogP contribution in [0.3, 0.4) is 0 Å². The fraction of sp³-hybridized carbons (Fsp3) is 0.0526. The molecule has 1 fully saturated rings. The number of imide groups is 2. The Bertz CT molecular complexity index is 953. The summed E-state index contributed by atoms with van der Waals surface area (Å²) in [6.45, 7) is -0.352. The van der Waals surface area contributed by atoms with Gasteiger partial charge < -0.3 is 10.5 Å². The van der Waals surface area contributed by atoms with Crippen LogP contribution >= 0.6 is 0 Å². The van der Waals surface area contributed by atoms with E-state index >= 15 is 0 Å². The fourth-order valence-electron chi connectivity index (χ4n) is 2.50. The van der Waals surface area contributed by atoms with Gasteiger partial charge in [0, 0.05) is 5.56 Å². The molecule has 8 nitrogen and oxygen atoms in total. The van der Waals surface area contributed by atoms with Gasteiger partial charge in [0.05, 0.1) is 5.69 Å². The normalized spacial score (nSPS) is 15.6. The number of carbonyl (C=O) groups is 4. The molecule has 3 N–H and O–H groups in total. The van der Waals surface area contributed by atoms with Crippen molar-refractivity contribution in [2.45, 2.75) is 0 Å². The first-order chi connectivity index (χ1) is 13.0. The van der Waals surface area contributed by atoms with Gasteiger partial charge in [-0.3, -0.25) is 19.7 Å². The summed E-state index contributed by atoms with van der Waals surface area (Å²) in [5.74, 6) is -1.97. The van der Waals surface area contributed by atoms with Gasteiger partial charge in [0.2, 0.25) is 0 Å². The molecule has 0 bridgehead atoms. The van der Waals surface area contributed by atoms with Gasteiger partial charge in [0.25, 0.3) is 17.7 Å². The average Bonchev–Trinajstić information content (AvgIpc) is 2.65. The number of anilines is 1. The third-order valence-corrected chi connectivity index (χ3v) is 3.70. The number of para-hydroxylation sites is 2. The Labute approximate surface area is 154 Å². The number of barbiturate groups is 1. The van der Waals surface area contributed by atoms with E-state index in [9.17, 15) is 19.2 Å². The lowest BCUT2D eigenvalue weighted by atomic mass is 10.1. The second kappa shape index (κ2) is 7.52. The van der Waals surface area contributed by atoms with Crippen LogP contribution in [0.15, 0.2) is 60.2 Å². The van der Waals surface area contributed by atoms with Crippen molar-refractivity contribution in [2.24, 2.45) is 5.73 Å². The van der Waals surface area contributed by atoms with Gasteiger partial charge >= 0.3 is 6.03 Å². The minimum absolute atomic E-state index is 0.242. The van der Waals surface area contributed by atoms with Crippen molar-refractivity contribution in [1.82, 2.24) is 5.32 Å². The average molecular weight is 365 g/mol. The van der Waals surface area contributed by atoms with Crippen LogP contribution < -0.4 is 20.7 Å². The maximum Gasteiger partial charge on any atom is 0.335 e. The summed E-state index contributed by atoms with van der Waals surface area (Å²) in [6, 6.07) is 13.9. The van der Waals surface area contributed by atoms with Crippen LogP contribution in [-0.4, -0.2) is 30.4 Å². The number of urea groups is 1. The third kappa shape index (κ3) is 3.84. The number of primary amides is 1. The van der Waals surface area contributed by atoms with Crippen LogP contribution in [0.4, 0.5) is 10.5 Å². The lowest BCUT2D eigenvalue weighted by Gasteiger charge is -2.26. The number of nitrogens with one attached hydrogen (secondary N) is 1. The number of carbonyl (C=O) groups excluding carboxylic acids is 4. The first-order valence-electron chi connectivity index (χ1n) is 7.94. The number of hydrogen-bond acceptors (Lipinski definition) is 5. The van der Waals surface area contributed by atoms with Crippen molar-refractivity contribution >= 4 is 35.5 Å². The fourth-order valence-corrected chi connectivity index (χ4v) is 2.50. The lowest BCUT2D eigenvalue weighted by molar-refractivity contribution is -0.123. The van der Waals surface area contributed by atoms with E-state index < -0.39 is 23.8 Å². The van der Waals surface area contributed by atoms with E-state index in [0.717, 1.165) is 4.90 Å². The lowest BCUT2D eigenvalue weighted by Crippen LogP contribution is -2.54. The Hall–Kier alpha value is -3.94. The van der Waals surface area contributed by atoms with Gasteiger partial charge in [0.15, 0.2) is 6.61 Å². The molecule has 0 spiro atoms. The molecule has 1 saturated heterocycles. The zero-order valence-electron chi connectivity index (χ0n) is 14.0. The minimum atomic E-state index is -0.827. The summed E-state index contributed by atoms with van der Waals surface area (Å²) < 4.78 is 5.30. The smallest absolute Gasteiger partial charge is 0.335 e. The molecule has 5 amide bonds. The van der Waals surface area contributed by atoms with Crippen molar-refractivity contribution in [1.29, 1.82) is 0 Å². The molecule has 1 aliphatic rings. The monoisotopic (exact) mass is 365 g/mol. The van der Waals surface area contributed by atoms with Crippen molar-refractivity contribution in [3.8, 4) is 5.75 Å². The number of nitrogens with two attached hydrogens (primary N) is 1. The molecule has 3 rings (SSSR count). The van der Waals surface area contributed by atoms with Crippen LogP contribution in [0.5, 0.6) is 5.75 Å². The molecule has 2 aromatic rings. The molecule has 0 radical (unpaired) electrons. The number of amides is 5. The van der Waals surface area contributed by atoms with E-state index in [4.69, 9.17) is 10.5 Å². The Morgan fingerprint density at radius 2 is 1.70 bits per heavy atom. The van der Waals surface area contributed by atoms with E-state index in [0.29, 0.717) is 11.3 Å². The van der Waals surface area contributed by atoms with Gasteiger partial charge in [0.1, 0.15) is 11.3 Å². The highest BCUT2D eigenvalue weighted by molar-refractivity contribution is 6.39. The number of ether oxygens (including phenoxy) is 1. The zero-order chi connectivity index (χ0) is 19.4. The van der Waals surface area contributed by atoms with Gasteiger partial charge in [-0.2, -0.15) is 0 Å². The molecule has 8 heteroatoms. The Balaban J connectivity index is 1.98. The highest BCUT2D eigenvalue weighted by atomic mass is 16.5. The molecule has 0 aromatic heterocycles. The molecular weight excluding hydrogens is 350 g/mol. The first kappa shape index (κ1) is 17.9. The van der Waals surface area contributed by atoms with Crippen molar-refractivity contribution < 1.29 is 23.9 Å². The van der Waals surface area contributed by atoms with Gasteiger partial charge in [-0.05, 0) is 24.3 Å². The molecule has 0 atom stereocenters. The van der Waals surface area contributed by atoms with Crippen LogP contribution in [-0.2, 0) is 14.4 Å². The third-order valence-electron chi connectivity index (χ3n) is 3.70. The Morgan fingerprint density at radius 3 is 2.41 bits per heavy atom. The SMILES string of the molecule is NC(=O)COc1ccccc1/C=C1\C(=O)NC(=O)N(c2ccccc2)C1=O. The van der Waals surface area contributed by atoms with Gasteiger partial charge in [-0.1, -0.05) is 36.4 Å².